The number of benzene rings is 2. The molecule has 0 aliphatic carbocycles. The first-order valence-electron chi connectivity index (χ1n) is 9.36. The third-order valence-electron chi connectivity index (χ3n) is 4.31. The van der Waals surface area contributed by atoms with Gasteiger partial charge in [0.15, 0.2) is 0 Å². The second kappa shape index (κ2) is 10.5. The number of carbonyl (C=O) groups is 2. The van der Waals surface area contributed by atoms with Gasteiger partial charge in [0.25, 0.3) is 0 Å². The zero-order valence-corrected chi connectivity index (χ0v) is 16.0. The quantitative estimate of drug-likeness (QED) is 0.601. The van der Waals surface area contributed by atoms with Crippen LogP contribution in [0.4, 0.5) is 0 Å². The number of carbonyl (C=O) groups excluding carboxylic acids is 2. The minimum Gasteiger partial charge on any atom is -0.368 e. The summed E-state index contributed by atoms with van der Waals surface area (Å²) in [5.41, 5.74) is 7.55. The molecule has 0 heterocycles. The summed E-state index contributed by atoms with van der Waals surface area (Å²) >= 11 is 0. The third kappa shape index (κ3) is 7.23. The fourth-order valence-corrected chi connectivity index (χ4v) is 2.83. The molecule has 27 heavy (non-hydrogen) atoms. The van der Waals surface area contributed by atoms with Gasteiger partial charge < -0.3 is 16.4 Å². The van der Waals surface area contributed by atoms with Crippen LogP contribution < -0.4 is 16.4 Å². The Morgan fingerprint density at radius 1 is 0.852 bits per heavy atom. The Labute approximate surface area is 161 Å². The Morgan fingerprint density at radius 3 is 1.78 bits per heavy atom. The van der Waals surface area contributed by atoms with E-state index < -0.39 is 18.0 Å². The molecule has 0 saturated heterocycles. The van der Waals surface area contributed by atoms with Crippen molar-refractivity contribution in [3.05, 3.63) is 71.8 Å². The zero-order chi connectivity index (χ0) is 19.6. The van der Waals surface area contributed by atoms with Crippen molar-refractivity contribution in [2.75, 3.05) is 6.54 Å². The molecule has 2 atom stereocenters. The SMILES string of the molecule is CC(C)CN[C@@H](Cc1ccccc1)C(=O)N[C@@H](Cc1ccccc1)C(N)=O. The average Bonchev–Trinajstić information content (AvgIpc) is 2.66. The fourth-order valence-electron chi connectivity index (χ4n) is 2.83. The summed E-state index contributed by atoms with van der Waals surface area (Å²) in [6, 6.07) is 18.2. The van der Waals surface area contributed by atoms with Crippen LogP contribution >= 0.6 is 0 Å². The Hall–Kier alpha value is -2.66. The summed E-state index contributed by atoms with van der Waals surface area (Å²) in [4.78, 5) is 24.8. The predicted octanol–water partition coefficient (Wildman–Crippen LogP) is 2.06. The lowest BCUT2D eigenvalue weighted by molar-refractivity contribution is -0.128. The Morgan fingerprint density at radius 2 is 1.33 bits per heavy atom. The molecule has 0 fully saturated rings. The second-order valence-electron chi connectivity index (χ2n) is 7.20. The molecule has 4 N–H and O–H groups in total. The third-order valence-corrected chi connectivity index (χ3v) is 4.31. The van der Waals surface area contributed by atoms with Crippen LogP contribution in [0.15, 0.2) is 60.7 Å². The maximum Gasteiger partial charge on any atom is 0.240 e. The van der Waals surface area contributed by atoms with Crippen LogP contribution in [0.5, 0.6) is 0 Å². The molecule has 2 amide bonds. The van der Waals surface area contributed by atoms with Crippen molar-refractivity contribution < 1.29 is 9.59 Å². The highest BCUT2D eigenvalue weighted by atomic mass is 16.2. The van der Waals surface area contributed by atoms with Gasteiger partial charge in [-0.05, 0) is 30.0 Å². The summed E-state index contributed by atoms with van der Waals surface area (Å²) in [7, 11) is 0. The number of nitrogens with two attached hydrogens (primary N) is 1. The van der Waals surface area contributed by atoms with Crippen molar-refractivity contribution in [2.45, 2.75) is 38.8 Å². The minimum atomic E-state index is -0.737. The molecular weight excluding hydrogens is 338 g/mol. The van der Waals surface area contributed by atoms with E-state index in [-0.39, 0.29) is 5.91 Å². The molecule has 0 saturated carbocycles. The van der Waals surface area contributed by atoms with Crippen molar-refractivity contribution in [1.82, 2.24) is 10.6 Å². The van der Waals surface area contributed by atoms with Gasteiger partial charge in [0.05, 0.1) is 6.04 Å². The normalized spacial score (nSPS) is 13.1. The highest BCUT2D eigenvalue weighted by Gasteiger charge is 2.24. The number of hydrogen-bond donors (Lipinski definition) is 3. The molecule has 0 aromatic heterocycles. The van der Waals surface area contributed by atoms with Crippen molar-refractivity contribution in [3.63, 3.8) is 0 Å². The first-order valence-corrected chi connectivity index (χ1v) is 9.36. The maximum absolute atomic E-state index is 12.9. The molecule has 0 unspecified atom stereocenters. The topological polar surface area (TPSA) is 84.2 Å². The van der Waals surface area contributed by atoms with Crippen LogP contribution in [0, 0.1) is 5.92 Å². The minimum absolute atomic E-state index is 0.209. The predicted molar refractivity (Wildman–Crippen MR) is 108 cm³/mol. The number of amides is 2. The monoisotopic (exact) mass is 367 g/mol. The van der Waals surface area contributed by atoms with Crippen molar-refractivity contribution in [3.8, 4) is 0 Å². The van der Waals surface area contributed by atoms with Gasteiger partial charge in [0, 0.05) is 6.42 Å². The number of primary amides is 1. The lowest BCUT2D eigenvalue weighted by Crippen LogP contribution is -2.53. The lowest BCUT2D eigenvalue weighted by Gasteiger charge is -2.23. The van der Waals surface area contributed by atoms with E-state index >= 15 is 0 Å². The Balaban J connectivity index is 2.07. The van der Waals surface area contributed by atoms with E-state index in [4.69, 9.17) is 5.73 Å². The largest absolute Gasteiger partial charge is 0.368 e. The first kappa shape index (κ1) is 20.6. The summed E-state index contributed by atoms with van der Waals surface area (Å²) in [6.45, 7) is 4.89. The van der Waals surface area contributed by atoms with Gasteiger partial charge in [0.2, 0.25) is 11.8 Å². The van der Waals surface area contributed by atoms with Gasteiger partial charge in [-0.3, -0.25) is 9.59 Å². The Kier molecular flexibility index (Phi) is 8.01. The first-order chi connectivity index (χ1) is 13.0. The molecule has 5 heteroatoms. The molecule has 0 radical (unpaired) electrons. The lowest BCUT2D eigenvalue weighted by atomic mass is 10.0. The summed E-state index contributed by atoms with van der Waals surface area (Å²) in [5, 5.41) is 6.14. The molecule has 2 aromatic rings. The van der Waals surface area contributed by atoms with Crippen molar-refractivity contribution >= 4 is 11.8 Å². The molecule has 0 aliphatic heterocycles. The van der Waals surface area contributed by atoms with Crippen LogP contribution in [0.1, 0.15) is 25.0 Å². The summed E-state index contributed by atoms with van der Waals surface area (Å²) in [5.74, 6) is -0.332. The molecule has 5 nitrogen and oxygen atoms in total. The second-order valence-corrected chi connectivity index (χ2v) is 7.20. The highest BCUT2D eigenvalue weighted by molar-refractivity contribution is 5.89. The van der Waals surface area contributed by atoms with Gasteiger partial charge >= 0.3 is 0 Å². The molecule has 2 aromatic carbocycles. The van der Waals surface area contributed by atoms with Crippen LogP contribution in [-0.2, 0) is 22.4 Å². The van der Waals surface area contributed by atoms with Crippen molar-refractivity contribution in [2.24, 2.45) is 11.7 Å². The van der Waals surface area contributed by atoms with Gasteiger partial charge in [-0.2, -0.15) is 0 Å². The van der Waals surface area contributed by atoms with E-state index in [1.807, 2.05) is 60.7 Å². The fraction of sp³-hybridized carbons (Fsp3) is 0.364. The van der Waals surface area contributed by atoms with E-state index in [0.717, 1.165) is 11.1 Å². The molecule has 2 rings (SSSR count). The van der Waals surface area contributed by atoms with Gasteiger partial charge in [-0.25, -0.2) is 0 Å². The van der Waals surface area contributed by atoms with E-state index in [1.165, 1.54) is 0 Å². The smallest absolute Gasteiger partial charge is 0.240 e. The van der Waals surface area contributed by atoms with Crippen LogP contribution in [0.2, 0.25) is 0 Å². The Bertz CT molecular complexity index is 717. The van der Waals surface area contributed by atoms with Crippen LogP contribution in [0.25, 0.3) is 0 Å². The molecular formula is C22H29N3O2. The summed E-state index contributed by atoms with van der Waals surface area (Å²) < 4.78 is 0. The van der Waals surface area contributed by atoms with Gasteiger partial charge in [0.1, 0.15) is 6.04 Å². The number of rotatable bonds is 10. The van der Waals surface area contributed by atoms with E-state index in [0.29, 0.717) is 25.3 Å². The molecule has 0 bridgehead atoms. The number of nitrogens with one attached hydrogen (secondary N) is 2. The van der Waals surface area contributed by atoms with Crippen molar-refractivity contribution in [1.29, 1.82) is 0 Å². The van der Waals surface area contributed by atoms with Gasteiger partial charge in [-0.15, -0.1) is 0 Å². The van der Waals surface area contributed by atoms with Gasteiger partial charge in [-0.1, -0.05) is 74.5 Å². The van der Waals surface area contributed by atoms with E-state index in [9.17, 15) is 9.59 Å². The van der Waals surface area contributed by atoms with E-state index in [1.54, 1.807) is 0 Å². The standard InChI is InChI=1S/C22H29N3O2/c1-16(2)15-24-20(14-18-11-7-4-8-12-18)22(27)25-19(21(23)26)13-17-9-5-3-6-10-17/h3-12,16,19-20,24H,13-15H2,1-2H3,(H2,23,26)(H,25,27)/t19-,20-/m0/s1. The summed E-state index contributed by atoms with van der Waals surface area (Å²) in [6.07, 6.45) is 0.931. The molecule has 0 spiro atoms. The average molecular weight is 367 g/mol. The number of hydrogen-bond acceptors (Lipinski definition) is 3. The zero-order valence-electron chi connectivity index (χ0n) is 16.0. The molecule has 144 valence electrons. The van der Waals surface area contributed by atoms with E-state index in [2.05, 4.69) is 24.5 Å². The highest BCUT2D eigenvalue weighted by Crippen LogP contribution is 2.07. The maximum atomic E-state index is 12.9. The van der Waals surface area contributed by atoms with Crippen LogP contribution in [-0.4, -0.2) is 30.4 Å². The molecule has 0 aliphatic rings. The van der Waals surface area contributed by atoms with Crippen LogP contribution in [0.3, 0.4) is 0 Å².